The molecular weight excluding hydrogens is 232 g/mol. The summed E-state index contributed by atoms with van der Waals surface area (Å²) in [6, 6.07) is -0.441. The molecular formula is C13H26N2O3. The lowest BCUT2D eigenvalue weighted by atomic mass is 9.89. The van der Waals surface area contributed by atoms with Crippen molar-refractivity contribution in [2.75, 3.05) is 7.05 Å². The number of nitrogens with zero attached hydrogens (tertiary/aromatic N) is 2. The van der Waals surface area contributed by atoms with Gasteiger partial charge >= 0.3 is 0 Å². The first-order valence-corrected chi connectivity index (χ1v) is 6.35. The third-order valence-electron chi connectivity index (χ3n) is 3.28. The minimum Gasteiger partial charge on any atom is -0.411 e. The minimum atomic E-state index is -0.886. The van der Waals surface area contributed by atoms with Crippen molar-refractivity contribution in [1.29, 1.82) is 0 Å². The molecule has 0 spiro atoms. The molecule has 0 aliphatic heterocycles. The van der Waals surface area contributed by atoms with Crippen molar-refractivity contribution < 1.29 is 15.1 Å². The highest BCUT2D eigenvalue weighted by molar-refractivity contribution is 5.86. The number of carbonyl (C=O) groups is 1. The average molecular weight is 258 g/mol. The summed E-state index contributed by atoms with van der Waals surface area (Å²) in [7, 11) is 1.82. The van der Waals surface area contributed by atoms with Gasteiger partial charge in [-0.1, -0.05) is 20.8 Å². The van der Waals surface area contributed by atoms with Crippen molar-refractivity contribution in [3.63, 3.8) is 0 Å². The van der Waals surface area contributed by atoms with E-state index in [-0.39, 0.29) is 23.7 Å². The predicted molar refractivity (Wildman–Crippen MR) is 72.0 cm³/mol. The summed E-state index contributed by atoms with van der Waals surface area (Å²) in [5.74, 6) is -0.537. The highest BCUT2D eigenvalue weighted by Crippen LogP contribution is 2.17. The first kappa shape index (κ1) is 17.1. The quantitative estimate of drug-likeness (QED) is 0.411. The Hall–Kier alpha value is -0.940. The molecule has 2 N–H and O–H groups in total. The fourth-order valence-corrected chi connectivity index (χ4v) is 1.75. The number of hydrogen-bond acceptors (Lipinski definition) is 5. The van der Waals surface area contributed by atoms with E-state index in [9.17, 15) is 9.90 Å². The van der Waals surface area contributed by atoms with Crippen LogP contribution in [0.2, 0.25) is 0 Å². The number of ketones is 1. The lowest BCUT2D eigenvalue weighted by Crippen LogP contribution is -2.53. The second-order valence-corrected chi connectivity index (χ2v) is 5.38. The fourth-order valence-electron chi connectivity index (χ4n) is 1.75. The van der Waals surface area contributed by atoms with Gasteiger partial charge in [-0.25, -0.2) is 0 Å². The van der Waals surface area contributed by atoms with Gasteiger partial charge in [0.15, 0.2) is 5.78 Å². The molecule has 0 heterocycles. The van der Waals surface area contributed by atoms with Gasteiger partial charge in [-0.2, -0.15) is 0 Å². The number of carbonyl (C=O) groups excluding carboxylic acids is 1. The van der Waals surface area contributed by atoms with Crippen molar-refractivity contribution in [3.8, 4) is 0 Å². The van der Waals surface area contributed by atoms with Crippen LogP contribution < -0.4 is 0 Å². The zero-order chi connectivity index (χ0) is 14.5. The molecule has 3 atom stereocenters. The molecule has 0 aromatic carbocycles. The highest BCUT2D eigenvalue weighted by Gasteiger charge is 2.35. The third-order valence-corrected chi connectivity index (χ3v) is 3.28. The molecule has 0 aromatic heterocycles. The lowest BCUT2D eigenvalue weighted by molar-refractivity contribution is -0.132. The van der Waals surface area contributed by atoms with Crippen molar-refractivity contribution in [1.82, 2.24) is 4.90 Å². The Bertz CT molecular complexity index is 290. The normalized spacial score (nSPS) is 17.7. The van der Waals surface area contributed by atoms with E-state index < -0.39 is 12.1 Å². The molecule has 0 aliphatic carbocycles. The van der Waals surface area contributed by atoms with Gasteiger partial charge in [0.2, 0.25) is 0 Å². The minimum absolute atomic E-state index is 0.00288. The van der Waals surface area contributed by atoms with Gasteiger partial charge in [-0.3, -0.25) is 9.69 Å². The number of rotatable bonds is 7. The lowest BCUT2D eigenvalue weighted by Gasteiger charge is -2.36. The van der Waals surface area contributed by atoms with Crippen LogP contribution in [0.25, 0.3) is 0 Å². The second-order valence-electron chi connectivity index (χ2n) is 5.38. The molecule has 0 amide bonds. The van der Waals surface area contributed by atoms with Crippen LogP contribution in [0.4, 0.5) is 0 Å². The molecule has 18 heavy (non-hydrogen) atoms. The summed E-state index contributed by atoms with van der Waals surface area (Å²) in [5.41, 5.74) is 0. The molecule has 0 fully saturated rings. The SMILES string of the molecule is CC(C)C(=O)[C@H]([C@H](O)[C@H](C)C=NO)N(C)C(C)C. The fraction of sp³-hybridized carbons (Fsp3) is 0.846. The van der Waals surface area contributed by atoms with Gasteiger partial charge in [0, 0.05) is 24.1 Å². The van der Waals surface area contributed by atoms with E-state index >= 15 is 0 Å². The van der Waals surface area contributed by atoms with E-state index in [4.69, 9.17) is 5.21 Å². The number of Topliss-reactive ketones (excluding diaryl/α,β-unsaturated/α-hetero) is 1. The average Bonchev–Trinajstić information content (AvgIpc) is 2.28. The Balaban J connectivity index is 5.14. The Morgan fingerprint density at radius 2 is 1.72 bits per heavy atom. The molecule has 0 aromatic rings. The summed E-state index contributed by atoms with van der Waals surface area (Å²) >= 11 is 0. The van der Waals surface area contributed by atoms with E-state index in [0.29, 0.717) is 0 Å². The molecule has 0 radical (unpaired) electrons. The third kappa shape index (κ3) is 4.38. The number of likely N-dealkylation sites (N-methyl/N-ethyl adjacent to an activating group) is 1. The van der Waals surface area contributed by atoms with Gasteiger partial charge in [0.05, 0.1) is 12.1 Å². The van der Waals surface area contributed by atoms with Crippen molar-refractivity contribution >= 4 is 12.0 Å². The van der Waals surface area contributed by atoms with Crippen molar-refractivity contribution in [3.05, 3.63) is 0 Å². The number of oxime groups is 1. The number of hydrogen-bond donors (Lipinski definition) is 2. The van der Waals surface area contributed by atoms with Crippen LogP contribution in [-0.2, 0) is 4.79 Å². The maximum atomic E-state index is 12.2. The molecule has 0 saturated heterocycles. The van der Waals surface area contributed by atoms with Gasteiger partial charge < -0.3 is 10.3 Å². The zero-order valence-corrected chi connectivity index (χ0v) is 12.2. The van der Waals surface area contributed by atoms with Crippen LogP contribution >= 0.6 is 0 Å². The molecule has 0 rings (SSSR count). The topological polar surface area (TPSA) is 73.1 Å². The van der Waals surface area contributed by atoms with E-state index in [0.717, 1.165) is 0 Å². The van der Waals surface area contributed by atoms with Crippen LogP contribution in [0, 0.1) is 11.8 Å². The maximum absolute atomic E-state index is 12.2. The van der Waals surface area contributed by atoms with Crippen LogP contribution in [-0.4, -0.2) is 52.4 Å². The first-order chi connectivity index (χ1) is 8.23. The van der Waals surface area contributed by atoms with Crippen LogP contribution in [0.15, 0.2) is 5.16 Å². The van der Waals surface area contributed by atoms with Gasteiger partial charge in [-0.05, 0) is 20.9 Å². The van der Waals surface area contributed by atoms with Crippen LogP contribution in [0.1, 0.15) is 34.6 Å². The van der Waals surface area contributed by atoms with Gasteiger partial charge in [0.25, 0.3) is 0 Å². The summed E-state index contributed by atoms with van der Waals surface area (Å²) in [6.45, 7) is 9.30. The summed E-state index contributed by atoms with van der Waals surface area (Å²) in [4.78, 5) is 14.1. The van der Waals surface area contributed by atoms with E-state index in [1.54, 1.807) is 6.92 Å². The van der Waals surface area contributed by atoms with E-state index in [2.05, 4.69) is 5.16 Å². The first-order valence-electron chi connectivity index (χ1n) is 6.35. The van der Waals surface area contributed by atoms with E-state index in [1.165, 1.54) is 6.21 Å². The number of aliphatic hydroxyl groups excluding tert-OH is 1. The van der Waals surface area contributed by atoms with Crippen molar-refractivity contribution in [2.45, 2.75) is 52.8 Å². The molecule has 0 aliphatic rings. The van der Waals surface area contributed by atoms with Gasteiger partial charge in [0.1, 0.15) is 0 Å². The molecule has 0 saturated carbocycles. The smallest absolute Gasteiger partial charge is 0.155 e. The molecule has 106 valence electrons. The zero-order valence-electron chi connectivity index (χ0n) is 12.2. The largest absolute Gasteiger partial charge is 0.411 e. The Labute approximate surface area is 109 Å². The summed E-state index contributed by atoms with van der Waals surface area (Å²) < 4.78 is 0. The molecule has 0 bridgehead atoms. The summed E-state index contributed by atoms with van der Waals surface area (Å²) in [6.07, 6.45) is 0.364. The van der Waals surface area contributed by atoms with Crippen molar-refractivity contribution in [2.24, 2.45) is 17.0 Å². The Morgan fingerprint density at radius 1 is 1.22 bits per heavy atom. The highest BCUT2D eigenvalue weighted by atomic mass is 16.4. The summed E-state index contributed by atoms with van der Waals surface area (Å²) in [5, 5.41) is 21.7. The Kier molecular flexibility index (Phi) is 7.09. The number of aliphatic hydroxyl groups is 1. The molecule has 5 heteroatoms. The molecule has 0 unspecified atom stereocenters. The second kappa shape index (κ2) is 7.48. The maximum Gasteiger partial charge on any atom is 0.155 e. The van der Waals surface area contributed by atoms with Crippen LogP contribution in [0.3, 0.4) is 0 Å². The predicted octanol–water partition coefficient (Wildman–Crippen LogP) is 1.38. The van der Waals surface area contributed by atoms with E-state index in [1.807, 2.05) is 39.6 Å². The standard InChI is InChI=1S/C13H26N2O3/c1-8(2)12(16)11(15(6)9(3)4)13(17)10(5)7-14-18/h7-11,13,17-18H,1-6H3/t10-,11-,13-/m1/s1. The van der Waals surface area contributed by atoms with Gasteiger partial charge in [-0.15, -0.1) is 5.16 Å². The van der Waals surface area contributed by atoms with Crippen LogP contribution in [0.5, 0.6) is 0 Å². The molecule has 5 nitrogen and oxygen atoms in total. The monoisotopic (exact) mass is 258 g/mol. The Morgan fingerprint density at radius 3 is 2.06 bits per heavy atom.